The second-order valence-electron chi connectivity index (χ2n) is 4.79. The molecule has 1 unspecified atom stereocenters. The molecule has 0 bridgehead atoms. The Hall–Kier alpha value is -0.523. The third-order valence-corrected chi connectivity index (χ3v) is 3.13. The van der Waals surface area contributed by atoms with E-state index < -0.39 is 13.7 Å². The molecule has 0 aromatic rings. The number of aliphatic hydroxyl groups is 1. The lowest BCUT2D eigenvalue weighted by molar-refractivity contribution is 0.141. The number of allylic oxidation sites excluding steroid dienone is 1. The second kappa shape index (κ2) is 3.32. The molecule has 0 saturated heterocycles. The lowest BCUT2D eigenvalue weighted by atomic mass is 9.99. The van der Waals surface area contributed by atoms with E-state index in [-0.39, 0.29) is 0 Å². The van der Waals surface area contributed by atoms with Crippen molar-refractivity contribution in [2.24, 2.45) is 0 Å². The third-order valence-electron chi connectivity index (χ3n) is 2.25. The summed E-state index contributed by atoms with van der Waals surface area (Å²) in [6.45, 7) is 8.54. The van der Waals surface area contributed by atoms with Gasteiger partial charge in [-0.25, -0.2) is 0 Å². The maximum Gasteiger partial charge on any atom is 0.146 e. The smallest absolute Gasteiger partial charge is 0.146 e. The molecule has 1 aliphatic carbocycles. The molecule has 1 aliphatic rings. The topological polar surface area (TPSA) is 20.2 Å². The van der Waals surface area contributed by atoms with E-state index in [4.69, 9.17) is 0 Å². The van der Waals surface area contributed by atoms with Crippen LogP contribution in [-0.2, 0) is 0 Å². The van der Waals surface area contributed by atoms with Crippen LogP contribution in [0.25, 0.3) is 0 Å². The van der Waals surface area contributed by atoms with Gasteiger partial charge < -0.3 is 5.11 Å². The molecule has 1 atom stereocenters. The van der Waals surface area contributed by atoms with Gasteiger partial charge in [-0.1, -0.05) is 31.6 Å². The summed E-state index contributed by atoms with van der Waals surface area (Å²) in [4.78, 5) is 0. The van der Waals surface area contributed by atoms with Crippen molar-refractivity contribution < 1.29 is 5.11 Å². The Morgan fingerprint density at radius 1 is 1.46 bits per heavy atom. The summed E-state index contributed by atoms with van der Waals surface area (Å²) < 4.78 is 0. The summed E-state index contributed by atoms with van der Waals surface area (Å²) in [5, 5.41) is 10.1. The highest BCUT2D eigenvalue weighted by molar-refractivity contribution is 6.83. The molecule has 1 N–H and O–H groups in total. The summed E-state index contributed by atoms with van der Waals surface area (Å²) in [6.07, 6.45) is 3.82. The van der Waals surface area contributed by atoms with Crippen molar-refractivity contribution in [2.75, 3.05) is 0 Å². The minimum absolute atomic E-state index is 0.774. The quantitative estimate of drug-likeness (QED) is 0.356. The van der Waals surface area contributed by atoms with E-state index in [9.17, 15) is 5.11 Å². The largest absolute Gasteiger partial charge is 0.374 e. The van der Waals surface area contributed by atoms with Crippen LogP contribution < -0.4 is 0 Å². The molecule has 0 aromatic heterocycles. The third kappa shape index (κ3) is 2.72. The van der Waals surface area contributed by atoms with Crippen LogP contribution in [0.1, 0.15) is 19.8 Å². The molecule has 0 aromatic carbocycles. The number of rotatable bonds is 0. The van der Waals surface area contributed by atoms with E-state index in [1.165, 1.54) is 0 Å². The van der Waals surface area contributed by atoms with Crippen molar-refractivity contribution in [3.8, 4) is 11.5 Å². The lowest BCUT2D eigenvalue weighted by Crippen LogP contribution is -2.26. The first-order chi connectivity index (χ1) is 5.83. The van der Waals surface area contributed by atoms with Crippen molar-refractivity contribution in [2.45, 2.75) is 45.0 Å². The summed E-state index contributed by atoms with van der Waals surface area (Å²) in [6, 6.07) is 0. The van der Waals surface area contributed by atoms with Gasteiger partial charge in [-0.05, 0) is 25.3 Å². The van der Waals surface area contributed by atoms with E-state index in [1.807, 2.05) is 6.92 Å². The van der Waals surface area contributed by atoms with Gasteiger partial charge in [0, 0.05) is 0 Å². The van der Waals surface area contributed by atoms with Crippen LogP contribution in [0.15, 0.2) is 11.6 Å². The van der Waals surface area contributed by atoms with Crippen LogP contribution >= 0.6 is 0 Å². The van der Waals surface area contributed by atoms with Crippen molar-refractivity contribution in [1.29, 1.82) is 0 Å². The van der Waals surface area contributed by atoms with Gasteiger partial charge in [-0.15, -0.1) is 5.54 Å². The standard InChI is InChI=1S/C11H18OSi/c1-10-6-5-7-11(10,12)8-9-13(2,3)4/h6,12H,5,7H2,1-4H3. The van der Waals surface area contributed by atoms with Crippen LogP contribution in [0, 0.1) is 11.5 Å². The number of hydrogen-bond donors (Lipinski definition) is 1. The Morgan fingerprint density at radius 2 is 2.08 bits per heavy atom. The van der Waals surface area contributed by atoms with Crippen LogP contribution in [0.5, 0.6) is 0 Å². The first-order valence-corrected chi connectivity index (χ1v) is 8.27. The summed E-state index contributed by atoms with van der Waals surface area (Å²) in [5.74, 6) is 3.05. The molecular weight excluding hydrogens is 176 g/mol. The fourth-order valence-corrected chi connectivity index (χ4v) is 1.90. The average Bonchev–Trinajstić information content (AvgIpc) is 2.29. The molecule has 0 saturated carbocycles. The summed E-state index contributed by atoms with van der Waals surface area (Å²) in [7, 11) is -1.35. The van der Waals surface area contributed by atoms with Crippen molar-refractivity contribution in [3.05, 3.63) is 11.6 Å². The highest BCUT2D eigenvalue weighted by atomic mass is 28.3. The van der Waals surface area contributed by atoms with Gasteiger partial charge in [0.15, 0.2) is 0 Å². The zero-order chi connectivity index (χ0) is 10.1. The molecule has 1 rings (SSSR count). The predicted octanol–water partition coefficient (Wildman–Crippen LogP) is 2.34. The van der Waals surface area contributed by atoms with Crippen molar-refractivity contribution >= 4 is 8.07 Å². The summed E-state index contributed by atoms with van der Waals surface area (Å²) >= 11 is 0. The zero-order valence-corrected chi connectivity index (χ0v) is 9.94. The number of hydrogen-bond acceptors (Lipinski definition) is 1. The molecule has 1 nitrogen and oxygen atoms in total. The normalized spacial score (nSPS) is 27.9. The molecule has 0 spiro atoms. The molecule has 0 amide bonds. The molecule has 0 heterocycles. The zero-order valence-electron chi connectivity index (χ0n) is 8.94. The highest BCUT2D eigenvalue weighted by Crippen LogP contribution is 2.29. The molecule has 0 fully saturated rings. The fraction of sp³-hybridized carbons (Fsp3) is 0.636. The molecule has 13 heavy (non-hydrogen) atoms. The lowest BCUT2D eigenvalue weighted by Gasteiger charge is -2.18. The Labute approximate surface area is 81.9 Å². The maximum absolute atomic E-state index is 10.1. The van der Waals surface area contributed by atoms with Gasteiger partial charge in [-0.3, -0.25) is 0 Å². The van der Waals surface area contributed by atoms with E-state index in [0.717, 1.165) is 18.4 Å². The van der Waals surface area contributed by atoms with Gasteiger partial charge in [0.25, 0.3) is 0 Å². The van der Waals surface area contributed by atoms with Gasteiger partial charge in [-0.2, -0.15) is 0 Å². The average molecular weight is 194 g/mol. The second-order valence-corrected chi connectivity index (χ2v) is 9.54. The maximum atomic E-state index is 10.1. The first kappa shape index (κ1) is 10.6. The highest BCUT2D eigenvalue weighted by Gasteiger charge is 2.30. The summed E-state index contributed by atoms with van der Waals surface area (Å²) in [5.41, 5.74) is 3.45. The minimum Gasteiger partial charge on any atom is -0.374 e. The Morgan fingerprint density at radius 3 is 2.46 bits per heavy atom. The molecular formula is C11H18OSi. The van der Waals surface area contributed by atoms with E-state index in [1.54, 1.807) is 0 Å². The van der Waals surface area contributed by atoms with Crippen LogP contribution in [0.2, 0.25) is 19.6 Å². The fourth-order valence-electron chi connectivity index (χ4n) is 1.32. The van der Waals surface area contributed by atoms with Crippen molar-refractivity contribution in [3.63, 3.8) is 0 Å². The monoisotopic (exact) mass is 194 g/mol. The van der Waals surface area contributed by atoms with Gasteiger partial charge in [0.1, 0.15) is 13.7 Å². The molecule has 72 valence electrons. The van der Waals surface area contributed by atoms with Crippen LogP contribution in [0.3, 0.4) is 0 Å². The molecule has 2 heteroatoms. The Balaban J connectivity index is 2.83. The SMILES string of the molecule is CC1=CCCC1(O)C#C[Si](C)(C)C. The van der Waals surface area contributed by atoms with E-state index in [2.05, 4.69) is 37.2 Å². The molecule has 0 aliphatic heterocycles. The minimum atomic E-state index is -1.35. The molecule has 0 radical (unpaired) electrons. The van der Waals surface area contributed by atoms with Crippen molar-refractivity contribution in [1.82, 2.24) is 0 Å². The van der Waals surface area contributed by atoms with E-state index in [0.29, 0.717) is 0 Å². The van der Waals surface area contributed by atoms with Crippen LogP contribution in [0.4, 0.5) is 0 Å². The van der Waals surface area contributed by atoms with Gasteiger partial charge in [0.05, 0.1) is 0 Å². The predicted molar refractivity (Wildman–Crippen MR) is 59.1 cm³/mol. The first-order valence-electron chi connectivity index (χ1n) is 4.77. The van der Waals surface area contributed by atoms with Gasteiger partial charge in [0.2, 0.25) is 0 Å². The van der Waals surface area contributed by atoms with Crippen LogP contribution in [-0.4, -0.2) is 18.8 Å². The van der Waals surface area contributed by atoms with E-state index >= 15 is 0 Å². The Bertz CT molecular complexity index is 287. The Kier molecular flexibility index (Phi) is 2.70. The van der Waals surface area contributed by atoms with Gasteiger partial charge >= 0.3 is 0 Å².